The molecule has 1 aromatic rings. The fourth-order valence-corrected chi connectivity index (χ4v) is 1.52. The largest absolute Gasteiger partial charge is 0.490 e. The molecule has 0 aliphatic heterocycles. The second-order valence-electron chi connectivity index (χ2n) is 3.83. The number of hydrogen-bond donors (Lipinski definition) is 0. The first-order valence-corrected chi connectivity index (χ1v) is 5.76. The van der Waals surface area contributed by atoms with E-state index in [1.165, 1.54) is 0 Å². The predicted molar refractivity (Wildman–Crippen MR) is 61.4 cm³/mol. The van der Waals surface area contributed by atoms with E-state index in [1.54, 1.807) is 0 Å². The van der Waals surface area contributed by atoms with E-state index in [0.717, 1.165) is 31.7 Å². The fraction of sp³-hybridized carbons (Fsp3) is 0.462. The van der Waals surface area contributed by atoms with Crippen molar-refractivity contribution in [3.63, 3.8) is 0 Å². The van der Waals surface area contributed by atoms with Gasteiger partial charge >= 0.3 is 0 Å². The zero-order chi connectivity index (χ0) is 12.7. The van der Waals surface area contributed by atoms with Crippen LogP contribution in [0.5, 0.6) is 5.75 Å². The number of rotatable bonds is 7. The molecule has 0 saturated heterocycles. The highest BCUT2D eigenvalue weighted by Gasteiger charge is 2.12. The summed E-state index contributed by atoms with van der Waals surface area (Å²) >= 11 is 0. The van der Waals surface area contributed by atoms with Crippen LogP contribution in [0.15, 0.2) is 12.1 Å². The van der Waals surface area contributed by atoms with Crippen LogP contribution in [0.1, 0.15) is 43.0 Å². The Morgan fingerprint density at radius 1 is 1.24 bits per heavy atom. The Morgan fingerprint density at radius 2 is 2.00 bits per heavy atom. The van der Waals surface area contributed by atoms with Gasteiger partial charge in [-0.05, 0) is 12.5 Å². The van der Waals surface area contributed by atoms with Crippen molar-refractivity contribution in [3.8, 4) is 5.75 Å². The molecule has 17 heavy (non-hydrogen) atoms. The lowest BCUT2D eigenvalue weighted by Crippen LogP contribution is -2.03. The van der Waals surface area contributed by atoms with Gasteiger partial charge in [-0.15, -0.1) is 0 Å². The summed E-state index contributed by atoms with van der Waals surface area (Å²) in [5.41, 5.74) is -0.0852. The van der Waals surface area contributed by atoms with Gasteiger partial charge in [-0.2, -0.15) is 0 Å². The third-order valence-corrected chi connectivity index (χ3v) is 2.41. The maximum Gasteiger partial charge on any atom is 0.168 e. The molecule has 0 spiro atoms. The Hall–Kier alpha value is -1.45. The van der Waals surface area contributed by atoms with Crippen LogP contribution in [0.25, 0.3) is 0 Å². The van der Waals surface area contributed by atoms with Crippen molar-refractivity contribution in [2.75, 3.05) is 6.61 Å². The van der Waals surface area contributed by atoms with E-state index in [2.05, 4.69) is 6.92 Å². The van der Waals surface area contributed by atoms with Crippen LogP contribution in [0.4, 0.5) is 8.78 Å². The summed E-state index contributed by atoms with van der Waals surface area (Å²) in [4.78, 5) is 10.7. The molecule has 1 aromatic carbocycles. The van der Waals surface area contributed by atoms with Gasteiger partial charge in [0.05, 0.1) is 12.2 Å². The molecule has 0 saturated carbocycles. The molecule has 0 aromatic heterocycles. The first-order chi connectivity index (χ1) is 8.19. The summed E-state index contributed by atoms with van der Waals surface area (Å²) in [7, 11) is 0. The average molecular weight is 242 g/mol. The Morgan fingerprint density at radius 3 is 2.65 bits per heavy atom. The van der Waals surface area contributed by atoms with Gasteiger partial charge in [-0.1, -0.05) is 26.2 Å². The maximum absolute atomic E-state index is 13.3. The van der Waals surface area contributed by atoms with Crippen LogP contribution in [-0.4, -0.2) is 12.9 Å². The van der Waals surface area contributed by atoms with Crippen LogP contribution >= 0.6 is 0 Å². The van der Waals surface area contributed by atoms with Gasteiger partial charge in [0.1, 0.15) is 5.82 Å². The molecule has 1 rings (SSSR count). The van der Waals surface area contributed by atoms with Crippen molar-refractivity contribution < 1.29 is 18.3 Å². The summed E-state index contributed by atoms with van der Waals surface area (Å²) in [5.74, 6) is -1.76. The van der Waals surface area contributed by atoms with Crippen molar-refractivity contribution in [3.05, 3.63) is 29.3 Å². The molecule has 0 fully saturated rings. The van der Waals surface area contributed by atoms with E-state index in [-0.39, 0.29) is 11.3 Å². The summed E-state index contributed by atoms with van der Waals surface area (Å²) in [5, 5.41) is 0. The quantitative estimate of drug-likeness (QED) is 0.538. The minimum atomic E-state index is -0.831. The number of benzene rings is 1. The molecule has 0 atom stereocenters. The van der Waals surface area contributed by atoms with Gasteiger partial charge in [-0.3, -0.25) is 4.79 Å². The zero-order valence-electron chi connectivity index (χ0n) is 9.84. The van der Waals surface area contributed by atoms with Gasteiger partial charge in [0.2, 0.25) is 0 Å². The second-order valence-corrected chi connectivity index (χ2v) is 3.83. The minimum Gasteiger partial charge on any atom is -0.490 e. The molecule has 0 heterocycles. The fourth-order valence-electron chi connectivity index (χ4n) is 1.52. The SMILES string of the molecule is CCCCCCOc1c(F)cc(F)cc1C=O. The van der Waals surface area contributed by atoms with E-state index in [9.17, 15) is 13.6 Å². The lowest BCUT2D eigenvalue weighted by molar-refractivity contribution is 0.111. The predicted octanol–water partition coefficient (Wildman–Crippen LogP) is 3.74. The standard InChI is InChI=1S/C13H16F2O2/c1-2-3-4-5-6-17-13-10(9-16)7-11(14)8-12(13)15/h7-9H,2-6H2,1H3. The molecule has 4 heteroatoms. The Labute approximate surface area is 99.6 Å². The van der Waals surface area contributed by atoms with Crippen LogP contribution in [0.3, 0.4) is 0 Å². The van der Waals surface area contributed by atoms with Gasteiger partial charge in [0.15, 0.2) is 17.9 Å². The van der Waals surface area contributed by atoms with Crippen LogP contribution in [0.2, 0.25) is 0 Å². The molecule has 0 radical (unpaired) electrons. The molecule has 94 valence electrons. The first kappa shape index (κ1) is 13.6. The number of carbonyl (C=O) groups excluding carboxylic acids is 1. The lowest BCUT2D eigenvalue weighted by atomic mass is 10.2. The Bertz CT molecular complexity index is 378. The highest BCUT2D eigenvalue weighted by Crippen LogP contribution is 2.23. The molecular weight excluding hydrogens is 226 g/mol. The molecule has 0 aliphatic carbocycles. The number of halogens is 2. The van der Waals surface area contributed by atoms with Gasteiger partial charge in [-0.25, -0.2) is 8.78 Å². The van der Waals surface area contributed by atoms with Crippen LogP contribution in [-0.2, 0) is 0 Å². The van der Waals surface area contributed by atoms with E-state index in [1.807, 2.05) is 0 Å². The van der Waals surface area contributed by atoms with E-state index < -0.39 is 11.6 Å². The molecule has 0 N–H and O–H groups in total. The highest BCUT2D eigenvalue weighted by atomic mass is 19.1. The molecular formula is C13H16F2O2. The average Bonchev–Trinajstić information content (AvgIpc) is 2.30. The highest BCUT2D eigenvalue weighted by molar-refractivity contribution is 5.79. The summed E-state index contributed by atoms with van der Waals surface area (Å²) in [6, 6.07) is 1.69. The number of unbranched alkanes of at least 4 members (excludes halogenated alkanes) is 3. The van der Waals surface area contributed by atoms with Crippen molar-refractivity contribution in [2.45, 2.75) is 32.6 Å². The maximum atomic E-state index is 13.3. The second kappa shape index (κ2) is 6.99. The van der Waals surface area contributed by atoms with Crippen molar-refractivity contribution >= 4 is 6.29 Å². The summed E-state index contributed by atoms with van der Waals surface area (Å²) < 4.78 is 31.4. The van der Waals surface area contributed by atoms with Crippen molar-refractivity contribution in [1.82, 2.24) is 0 Å². The molecule has 0 unspecified atom stereocenters. The third-order valence-electron chi connectivity index (χ3n) is 2.41. The summed E-state index contributed by atoms with van der Waals surface area (Å²) in [6.45, 7) is 2.42. The van der Waals surface area contributed by atoms with Crippen molar-refractivity contribution in [2.24, 2.45) is 0 Å². The number of aldehydes is 1. The number of hydrogen-bond acceptors (Lipinski definition) is 2. The van der Waals surface area contributed by atoms with Crippen LogP contribution < -0.4 is 4.74 Å². The topological polar surface area (TPSA) is 26.3 Å². The van der Waals surface area contributed by atoms with Crippen molar-refractivity contribution in [1.29, 1.82) is 0 Å². The number of carbonyl (C=O) groups is 1. The number of ether oxygens (including phenoxy) is 1. The molecule has 2 nitrogen and oxygen atoms in total. The van der Waals surface area contributed by atoms with E-state index >= 15 is 0 Å². The molecule has 0 bridgehead atoms. The lowest BCUT2D eigenvalue weighted by Gasteiger charge is -2.09. The Balaban J connectivity index is 2.60. The molecule has 0 aliphatic rings. The normalized spacial score (nSPS) is 10.3. The van der Waals surface area contributed by atoms with E-state index in [4.69, 9.17) is 4.74 Å². The first-order valence-electron chi connectivity index (χ1n) is 5.76. The van der Waals surface area contributed by atoms with Gasteiger partial charge in [0.25, 0.3) is 0 Å². The monoisotopic (exact) mass is 242 g/mol. The Kier molecular flexibility index (Phi) is 5.60. The van der Waals surface area contributed by atoms with Gasteiger partial charge < -0.3 is 4.74 Å². The molecule has 0 amide bonds. The smallest absolute Gasteiger partial charge is 0.168 e. The van der Waals surface area contributed by atoms with E-state index in [0.29, 0.717) is 19.0 Å². The van der Waals surface area contributed by atoms with Gasteiger partial charge in [0, 0.05) is 6.07 Å². The zero-order valence-corrected chi connectivity index (χ0v) is 9.84. The summed E-state index contributed by atoms with van der Waals surface area (Å²) in [6.07, 6.45) is 4.38. The third kappa shape index (κ3) is 4.13. The minimum absolute atomic E-state index is 0.0852. The van der Waals surface area contributed by atoms with Crippen LogP contribution in [0, 0.1) is 11.6 Å².